The molecular weight excluding hydrogens is 645 g/mol. The molecule has 4 rings (SSSR count). The van der Waals surface area contributed by atoms with Crippen molar-refractivity contribution < 1.29 is 69.2 Å². The van der Waals surface area contributed by atoms with Crippen molar-refractivity contribution in [2.75, 3.05) is 26.2 Å². The molecule has 1 spiro atoms. The maximum absolute atomic E-state index is 10.6. The van der Waals surface area contributed by atoms with E-state index in [0.29, 0.717) is 0 Å². The molecule has 1 saturated heterocycles. The van der Waals surface area contributed by atoms with Gasteiger partial charge < -0.3 is 19.9 Å². The van der Waals surface area contributed by atoms with E-state index >= 15 is 0 Å². The molecule has 0 atom stereocenters. The first-order valence-electron chi connectivity index (χ1n) is 12.3. The number of likely N-dealkylation sites (tertiary alicyclic amines) is 1. The number of aliphatic carboxylic acids is 3. The fraction of sp³-hybridized carbons (Fsp3) is 0.609. The van der Waals surface area contributed by atoms with Crippen LogP contribution in [0.4, 0.5) is 39.5 Å². The fourth-order valence-corrected chi connectivity index (χ4v) is 4.95. The number of rotatable bonds is 3. The predicted octanol–water partition coefficient (Wildman–Crippen LogP) is 4.37. The summed E-state index contributed by atoms with van der Waals surface area (Å²) in [7, 11) is 0. The Morgan fingerprint density at radius 3 is 1.66 bits per heavy atom. The van der Waals surface area contributed by atoms with Gasteiger partial charge in [0.25, 0.3) is 0 Å². The highest BCUT2D eigenvalue weighted by atomic mass is 32.1. The van der Waals surface area contributed by atoms with Crippen LogP contribution in [0.15, 0.2) is 17.8 Å². The first-order chi connectivity index (χ1) is 20.1. The summed E-state index contributed by atoms with van der Waals surface area (Å²) in [5.74, 6) is -6.97. The van der Waals surface area contributed by atoms with Crippen LogP contribution in [0.3, 0.4) is 0 Å². The summed E-state index contributed by atoms with van der Waals surface area (Å²) in [4.78, 5) is 41.2. The van der Waals surface area contributed by atoms with Gasteiger partial charge in [-0.25, -0.2) is 24.4 Å². The number of hydrogen-bond donors (Lipinski definition) is 3. The number of alkyl halides is 9. The molecule has 0 bridgehead atoms. The van der Waals surface area contributed by atoms with Crippen LogP contribution in [-0.2, 0) is 33.0 Å². The molecule has 3 N–H and O–H groups in total. The quantitative estimate of drug-likeness (QED) is 0.401. The Hall–Kier alpha value is -3.46. The molecular formula is C23H28F9N5O6S. The minimum absolute atomic E-state index is 0.140. The topological polar surface area (TPSA) is 149 Å². The number of carbonyl (C=O) groups is 3. The Bertz CT molecular complexity index is 1170. The van der Waals surface area contributed by atoms with Crippen molar-refractivity contribution in [1.82, 2.24) is 24.3 Å². The molecule has 2 aromatic rings. The second-order valence-corrected chi connectivity index (χ2v) is 10.1. The third kappa shape index (κ3) is 11.2. The molecule has 250 valence electrons. The Kier molecular flexibility index (Phi) is 13.6. The van der Waals surface area contributed by atoms with Gasteiger partial charge in [-0.15, -0.1) is 11.3 Å². The molecule has 11 nitrogen and oxygen atoms in total. The number of carboxylic acid groups (broad SMARTS) is 3. The maximum Gasteiger partial charge on any atom is 0.490 e. The molecule has 0 saturated carbocycles. The van der Waals surface area contributed by atoms with E-state index in [-0.39, 0.29) is 5.54 Å². The lowest BCUT2D eigenvalue weighted by atomic mass is 9.83. The summed E-state index contributed by atoms with van der Waals surface area (Å²) in [5.41, 5.74) is 1.45. The zero-order valence-electron chi connectivity index (χ0n) is 23.0. The van der Waals surface area contributed by atoms with E-state index < -0.39 is 36.4 Å². The first-order valence-corrected chi connectivity index (χ1v) is 13.2. The molecule has 2 aliphatic rings. The molecule has 1 fully saturated rings. The molecule has 0 unspecified atom stereocenters. The van der Waals surface area contributed by atoms with E-state index in [1.165, 1.54) is 29.4 Å². The molecule has 44 heavy (non-hydrogen) atoms. The summed E-state index contributed by atoms with van der Waals surface area (Å²) in [6, 6.07) is 0. The van der Waals surface area contributed by atoms with Crippen molar-refractivity contribution in [3.63, 3.8) is 0 Å². The van der Waals surface area contributed by atoms with Gasteiger partial charge in [0.05, 0.1) is 12.1 Å². The van der Waals surface area contributed by atoms with Crippen molar-refractivity contribution in [1.29, 1.82) is 0 Å². The number of halogens is 9. The van der Waals surface area contributed by atoms with Gasteiger partial charge in [0.1, 0.15) is 10.8 Å². The highest BCUT2D eigenvalue weighted by Gasteiger charge is 2.46. The minimum atomic E-state index is -5.08. The second-order valence-electron chi connectivity index (χ2n) is 9.10. The van der Waals surface area contributed by atoms with E-state index in [0.717, 1.165) is 39.3 Å². The molecule has 2 aliphatic heterocycles. The number of nitrogens with zero attached hydrogens (tertiary/aromatic N) is 5. The number of likely N-dealkylation sites (N-methyl/N-ethyl adjacent to an activating group) is 1. The lowest BCUT2D eigenvalue weighted by molar-refractivity contribution is -0.193. The lowest BCUT2D eigenvalue weighted by Crippen LogP contribution is -2.57. The van der Waals surface area contributed by atoms with Crippen molar-refractivity contribution in [3.8, 4) is 0 Å². The number of aryl methyl sites for hydroxylation is 1. The van der Waals surface area contributed by atoms with Gasteiger partial charge in [-0.05, 0) is 26.3 Å². The van der Waals surface area contributed by atoms with Gasteiger partial charge in [-0.2, -0.15) is 39.5 Å². The number of hydrogen-bond acceptors (Lipinski definition) is 8. The summed E-state index contributed by atoms with van der Waals surface area (Å²) < 4.78 is 97.7. The Labute approximate surface area is 247 Å². The van der Waals surface area contributed by atoms with E-state index in [1.807, 2.05) is 6.20 Å². The molecule has 2 aromatic heterocycles. The highest BCUT2D eigenvalue weighted by molar-refractivity contribution is 7.09. The van der Waals surface area contributed by atoms with Gasteiger partial charge in [-0.3, -0.25) is 9.80 Å². The second kappa shape index (κ2) is 15.5. The van der Waals surface area contributed by atoms with Gasteiger partial charge >= 0.3 is 36.4 Å². The van der Waals surface area contributed by atoms with Crippen LogP contribution in [0.1, 0.15) is 36.3 Å². The maximum atomic E-state index is 10.6. The SMILES string of the molecule is CCN1CCn2c(C)cnc2C12CCN(Cc1nccs1)CC2.O=C(O)C(F)(F)F.O=C(O)C(F)(F)F.O=C(O)C(F)(F)F. The summed E-state index contributed by atoms with van der Waals surface area (Å²) in [6.07, 6.45) is -8.95. The van der Waals surface area contributed by atoms with Crippen molar-refractivity contribution in [2.45, 2.75) is 63.8 Å². The number of thiazole rings is 1. The van der Waals surface area contributed by atoms with Gasteiger partial charge in [0.2, 0.25) is 0 Å². The van der Waals surface area contributed by atoms with Crippen LogP contribution in [0, 0.1) is 6.92 Å². The monoisotopic (exact) mass is 673 g/mol. The van der Waals surface area contributed by atoms with E-state index in [4.69, 9.17) is 34.7 Å². The average Bonchev–Trinajstić information content (AvgIpc) is 3.55. The Morgan fingerprint density at radius 1 is 0.841 bits per heavy atom. The average molecular weight is 674 g/mol. The van der Waals surface area contributed by atoms with E-state index in [1.54, 1.807) is 11.3 Å². The fourth-order valence-electron chi connectivity index (χ4n) is 4.29. The Morgan fingerprint density at radius 2 is 1.30 bits per heavy atom. The normalized spacial score (nSPS) is 16.7. The van der Waals surface area contributed by atoms with Crippen LogP contribution < -0.4 is 0 Å². The number of piperidine rings is 1. The standard InChI is InChI=1S/C17H25N5S.3C2HF3O2/c1-3-21-9-10-22-14(2)12-19-16(22)17(21)4-7-20(8-5-17)13-15-18-6-11-23-15;3*3-2(4,5)1(6)7/h6,11-12H,3-5,7-10,13H2,1-2H3;3*(H,6,7). The van der Waals surface area contributed by atoms with Crippen molar-refractivity contribution >= 4 is 29.2 Å². The summed E-state index contributed by atoms with van der Waals surface area (Å²) in [6.45, 7) is 11.1. The van der Waals surface area contributed by atoms with Crippen molar-refractivity contribution in [2.24, 2.45) is 0 Å². The first kappa shape index (κ1) is 38.6. The lowest BCUT2D eigenvalue weighted by Gasteiger charge is -2.50. The van der Waals surface area contributed by atoms with E-state index in [9.17, 15) is 39.5 Å². The molecule has 0 aliphatic carbocycles. The summed E-state index contributed by atoms with van der Waals surface area (Å²) in [5, 5.41) is 24.7. The van der Waals surface area contributed by atoms with Crippen LogP contribution >= 0.6 is 11.3 Å². The number of aromatic nitrogens is 3. The number of imidazole rings is 1. The van der Waals surface area contributed by atoms with Crippen LogP contribution in [0.25, 0.3) is 0 Å². The molecule has 21 heteroatoms. The van der Waals surface area contributed by atoms with Crippen LogP contribution in [0.5, 0.6) is 0 Å². The number of fused-ring (bicyclic) bond motifs is 2. The van der Waals surface area contributed by atoms with Crippen molar-refractivity contribution in [3.05, 3.63) is 34.3 Å². The van der Waals surface area contributed by atoms with Gasteiger partial charge in [0.15, 0.2) is 0 Å². The third-order valence-electron chi connectivity index (χ3n) is 6.30. The van der Waals surface area contributed by atoms with Crippen LogP contribution in [0.2, 0.25) is 0 Å². The van der Waals surface area contributed by atoms with Gasteiger partial charge in [-0.1, -0.05) is 6.92 Å². The highest BCUT2D eigenvalue weighted by Crippen LogP contribution is 2.41. The Balaban J connectivity index is 0.000000379. The molecule has 0 radical (unpaired) electrons. The van der Waals surface area contributed by atoms with E-state index in [2.05, 4.69) is 44.8 Å². The smallest absolute Gasteiger partial charge is 0.475 e. The van der Waals surface area contributed by atoms with Gasteiger partial charge in [0, 0.05) is 49.6 Å². The molecule has 0 amide bonds. The number of carboxylic acids is 3. The third-order valence-corrected chi connectivity index (χ3v) is 7.07. The largest absolute Gasteiger partial charge is 0.490 e. The molecule has 0 aromatic carbocycles. The zero-order valence-corrected chi connectivity index (χ0v) is 23.8. The van der Waals surface area contributed by atoms with Crippen LogP contribution in [-0.4, -0.2) is 102 Å². The minimum Gasteiger partial charge on any atom is -0.475 e. The molecule has 4 heterocycles. The summed E-state index contributed by atoms with van der Waals surface area (Å²) >= 11 is 1.76. The zero-order chi connectivity index (χ0) is 34.1. The predicted molar refractivity (Wildman–Crippen MR) is 134 cm³/mol.